The molecule has 0 saturated heterocycles. The molecule has 1 N–H and O–H groups in total. The first kappa shape index (κ1) is 13.9. The molecule has 0 atom stereocenters. The number of carbonyl (C=O) groups is 1. The van der Waals surface area contributed by atoms with Crippen molar-refractivity contribution in [1.29, 1.82) is 0 Å². The molecule has 0 spiro atoms. The monoisotopic (exact) mass is 282 g/mol. The van der Waals surface area contributed by atoms with Crippen molar-refractivity contribution in [3.8, 4) is 5.75 Å². The molecule has 0 amide bonds. The second-order valence-corrected chi connectivity index (χ2v) is 3.95. The molecule has 6 heteroatoms. The van der Waals surface area contributed by atoms with Gasteiger partial charge in [-0.2, -0.15) is 0 Å². The Morgan fingerprint density at radius 1 is 1.10 bits per heavy atom. The number of benzene rings is 2. The van der Waals surface area contributed by atoms with E-state index in [4.69, 9.17) is 9.84 Å². The fourth-order valence-electron chi connectivity index (χ4n) is 1.58. The summed E-state index contributed by atoms with van der Waals surface area (Å²) in [6, 6.07) is 6.75. The van der Waals surface area contributed by atoms with Gasteiger partial charge in [0, 0.05) is 11.6 Å². The van der Waals surface area contributed by atoms with E-state index in [2.05, 4.69) is 0 Å². The molecule has 0 fully saturated rings. The first-order valence-electron chi connectivity index (χ1n) is 5.57. The number of hydrogen-bond acceptors (Lipinski definition) is 2. The van der Waals surface area contributed by atoms with Crippen LogP contribution in [0.5, 0.6) is 5.75 Å². The topological polar surface area (TPSA) is 46.5 Å². The number of carboxylic acid groups (broad SMARTS) is 1. The highest BCUT2D eigenvalue weighted by Gasteiger charge is 2.14. The summed E-state index contributed by atoms with van der Waals surface area (Å²) in [5.41, 5.74) is -0.467. The van der Waals surface area contributed by atoms with E-state index in [1.165, 1.54) is 18.2 Å². The first-order valence-corrected chi connectivity index (χ1v) is 5.57. The molecule has 2 aromatic carbocycles. The van der Waals surface area contributed by atoms with Gasteiger partial charge in [-0.15, -0.1) is 0 Å². The molecule has 2 rings (SSSR count). The molecule has 2 aromatic rings. The van der Waals surface area contributed by atoms with Crippen molar-refractivity contribution < 1.29 is 27.8 Å². The molecule has 104 valence electrons. The predicted molar refractivity (Wildman–Crippen MR) is 64.0 cm³/mol. The van der Waals surface area contributed by atoms with Crippen molar-refractivity contribution in [2.45, 2.75) is 6.61 Å². The fourth-order valence-corrected chi connectivity index (χ4v) is 1.58. The molecule has 20 heavy (non-hydrogen) atoms. The summed E-state index contributed by atoms with van der Waals surface area (Å²) < 4.78 is 44.5. The van der Waals surface area contributed by atoms with Crippen LogP contribution >= 0.6 is 0 Å². The van der Waals surface area contributed by atoms with Crippen LogP contribution in [0.3, 0.4) is 0 Å². The Hall–Kier alpha value is -2.50. The number of rotatable bonds is 4. The van der Waals surface area contributed by atoms with E-state index < -0.39 is 29.0 Å². The number of aromatic carboxylic acids is 1. The summed E-state index contributed by atoms with van der Waals surface area (Å²) >= 11 is 0. The van der Waals surface area contributed by atoms with Crippen LogP contribution in [0.25, 0.3) is 0 Å². The van der Waals surface area contributed by atoms with Gasteiger partial charge >= 0.3 is 5.97 Å². The van der Waals surface area contributed by atoms with Crippen LogP contribution in [0, 0.1) is 17.5 Å². The fraction of sp³-hybridized carbons (Fsp3) is 0.0714. The van der Waals surface area contributed by atoms with E-state index in [0.717, 1.165) is 18.2 Å². The SMILES string of the molecule is O=C(O)c1cccc(COc2ccc(F)c(F)c2)c1F. The summed E-state index contributed by atoms with van der Waals surface area (Å²) in [4.78, 5) is 10.8. The van der Waals surface area contributed by atoms with Crippen LogP contribution in [0.1, 0.15) is 15.9 Å². The standard InChI is InChI=1S/C14H9F3O3/c15-11-5-4-9(6-12(11)16)20-7-8-2-1-3-10(13(8)17)14(18)19/h1-6H,7H2,(H,18,19). The second kappa shape index (κ2) is 5.64. The predicted octanol–water partition coefficient (Wildman–Crippen LogP) is 3.38. The largest absolute Gasteiger partial charge is 0.489 e. The van der Waals surface area contributed by atoms with Crippen LogP contribution < -0.4 is 4.74 Å². The summed E-state index contributed by atoms with van der Waals surface area (Å²) in [6.07, 6.45) is 0. The maximum Gasteiger partial charge on any atom is 0.338 e. The quantitative estimate of drug-likeness (QED) is 0.935. The zero-order valence-corrected chi connectivity index (χ0v) is 10.1. The Morgan fingerprint density at radius 2 is 1.85 bits per heavy atom. The number of ether oxygens (including phenoxy) is 1. The van der Waals surface area contributed by atoms with Gasteiger partial charge in [-0.05, 0) is 18.2 Å². The van der Waals surface area contributed by atoms with Gasteiger partial charge in [-0.1, -0.05) is 12.1 Å². The smallest absolute Gasteiger partial charge is 0.338 e. The zero-order chi connectivity index (χ0) is 14.7. The Kier molecular flexibility index (Phi) is 3.93. The van der Waals surface area contributed by atoms with Gasteiger partial charge < -0.3 is 9.84 Å². The molecule has 3 nitrogen and oxygen atoms in total. The second-order valence-electron chi connectivity index (χ2n) is 3.95. The molecule has 0 bridgehead atoms. The van der Waals surface area contributed by atoms with E-state index in [-0.39, 0.29) is 17.9 Å². The lowest BCUT2D eigenvalue weighted by Crippen LogP contribution is -2.06. The van der Waals surface area contributed by atoms with Crippen LogP contribution in [-0.2, 0) is 6.61 Å². The molecular weight excluding hydrogens is 273 g/mol. The number of hydrogen-bond donors (Lipinski definition) is 1. The van der Waals surface area contributed by atoms with Gasteiger partial charge in [0.1, 0.15) is 18.2 Å². The van der Waals surface area contributed by atoms with Crippen molar-refractivity contribution in [2.75, 3.05) is 0 Å². The molecular formula is C14H9F3O3. The molecule has 0 aliphatic rings. The Bertz CT molecular complexity index is 656. The third-order valence-electron chi connectivity index (χ3n) is 2.59. The minimum Gasteiger partial charge on any atom is -0.489 e. The van der Waals surface area contributed by atoms with Crippen LogP contribution in [0.15, 0.2) is 36.4 Å². The molecule has 0 heterocycles. The summed E-state index contributed by atoms with van der Waals surface area (Å²) in [6.45, 7) is -0.294. The summed E-state index contributed by atoms with van der Waals surface area (Å²) in [7, 11) is 0. The molecule has 0 unspecified atom stereocenters. The van der Waals surface area contributed by atoms with Crippen molar-refractivity contribution in [2.24, 2.45) is 0 Å². The lowest BCUT2D eigenvalue weighted by atomic mass is 10.1. The van der Waals surface area contributed by atoms with Gasteiger partial charge in [0.05, 0.1) is 5.56 Å². The zero-order valence-electron chi connectivity index (χ0n) is 10.1. The highest BCUT2D eigenvalue weighted by atomic mass is 19.2. The normalized spacial score (nSPS) is 10.3. The Balaban J connectivity index is 2.17. The van der Waals surface area contributed by atoms with Crippen molar-refractivity contribution in [3.05, 3.63) is 65.0 Å². The van der Waals surface area contributed by atoms with Gasteiger partial charge in [0.15, 0.2) is 11.6 Å². The maximum absolute atomic E-state index is 13.8. The van der Waals surface area contributed by atoms with E-state index in [0.29, 0.717) is 0 Å². The van der Waals surface area contributed by atoms with Crippen LogP contribution in [0.2, 0.25) is 0 Å². The van der Waals surface area contributed by atoms with Crippen molar-refractivity contribution in [3.63, 3.8) is 0 Å². The lowest BCUT2D eigenvalue weighted by molar-refractivity contribution is 0.0691. The van der Waals surface area contributed by atoms with E-state index >= 15 is 0 Å². The van der Waals surface area contributed by atoms with Gasteiger partial charge in [0.25, 0.3) is 0 Å². The van der Waals surface area contributed by atoms with E-state index in [1.54, 1.807) is 0 Å². The molecule has 0 saturated carbocycles. The summed E-state index contributed by atoms with van der Waals surface area (Å²) in [5, 5.41) is 8.77. The van der Waals surface area contributed by atoms with Gasteiger partial charge in [-0.3, -0.25) is 0 Å². The molecule has 0 aliphatic heterocycles. The number of halogens is 3. The minimum absolute atomic E-state index is 0.00892. The van der Waals surface area contributed by atoms with Crippen LogP contribution in [-0.4, -0.2) is 11.1 Å². The maximum atomic E-state index is 13.8. The third kappa shape index (κ3) is 2.90. The van der Waals surface area contributed by atoms with Crippen molar-refractivity contribution in [1.82, 2.24) is 0 Å². The van der Waals surface area contributed by atoms with Gasteiger partial charge in [-0.25, -0.2) is 18.0 Å². The van der Waals surface area contributed by atoms with E-state index in [9.17, 15) is 18.0 Å². The van der Waals surface area contributed by atoms with Gasteiger partial charge in [0.2, 0.25) is 0 Å². The summed E-state index contributed by atoms with van der Waals surface area (Å²) in [5.74, 6) is -4.39. The molecule has 0 radical (unpaired) electrons. The highest BCUT2D eigenvalue weighted by molar-refractivity contribution is 5.88. The van der Waals surface area contributed by atoms with Crippen LogP contribution in [0.4, 0.5) is 13.2 Å². The Morgan fingerprint density at radius 3 is 2.50 bits per heavy atom. The first-order chi connectivity index (χ1) is 9.49. The molecule has 0 aliphatic carbocycles. The molecule has 0 aromatic heterocycles. The Labute approximate surface area is 112 Å². The average molecular weight is 282 g/mol. The van der Waals surface area contributed by atoms with Crippen molar-refractivity contribution >= 4 is 5.97 Å². The highest BCUT2D eigenvalue weighted by Crippen LogP contribution is 2.19. The third-order valence-corrected chi connectivity index (χ3v) is 2.59. The average Bonchev–Trinajstić information content (AvgIpc) is 2.41. The number of carboxylic acids is 1. The van der Waals surface area contributed by atoms with E-state index in [1.807, 2.05) is 0 Å². The lowest BCUT2D eigenvalue weighted by Gasteiger charge is -2.08. The minimum atomic E-state index is -1.39.